The van der Waals surface area contributed by atoms with Gasteiger partial charge in [0.2, 0.25) is 5.96 Å². The first kappa shape index (κ1) is 31.8. The summed E-state index contributed by atoms with van der Waals surface area (Å²) in [5.74, 6) is -1.15. The molecule has 0 fully saturated rings. The van der Waals surface area contributed by atoms with Crippen molar-refractivity contribution in [2.45, 2.75) is 69.9 Å². The van der Waals surface area contributed by atoms with E-state index in [1.807, 2.05) is 69.3 Å². The zero-order chi connectivity index (χ0) is 32.7. The van der Waals surface area contributed by atoms with Gasteiger partial charge in [-0.2, -0.15) is 0 Å². The summed E-state index contributed by atoms with van der Waals surface area (Å²) < 4.78 is 40.7. The summed E-state index contributed by atoms with van der Waals surface area (Å²) in [7, 11) is -4.11. The fourth-order valence-electron chi connectivity index (χ4n) is 6.22. The van der Waals surface area contributed by atoms with E-state index in [0.29, 0.717) is 23.3 Å². The summed E-state index contributed by atoms with van der Waals surface area (Å²) in [5.41, 5.74) is 12.4. The lowest BCUT2D eigenvalue weighted by Gasteiger charge is -2.19. The summed E-state index contributed by atoms with van der Waals surface area (Å²) in [5, 5.41) is 12.1. The van der Waals surface area contributed by atoms with Gasteiger partial charge in [0.25, 0.3) is 10.0 Å². The van der Waals surface area contributed by atoms with Crippen LogP contribution in [0, 0.1) is 20.8 Å². The molecule has 3 aromatic carbocycles. The molecule has 1 unspecified atom stereocenters. The minimum atomic E-state index is -4.11. The number of hydrogen-bond acceptors (Lipinski definition) is 7. The molecule has 0 bridgehead atoms. The van der Waals surface area contributed by atoms with Crippen LogP contribution in [0.3, 0.4) is 0 Å². The highest BCUT2D eigenvalue weighted by Gasteiger charge is 2.37. The molecule has 1 aliphatic heterocycles. The van der Waals surface area contributed by atoms with Gasteiger partial charge in [-0.05, 0) is 80.0 Å². The Hall–Kier alpha value is -4.58. The maximum atomic E-state index is 13.4. The number of ether oxygens (including phenoxy) is 2. The minimum Gasteiger partial charge on any atom is -0.487 e. The Labute approximate surface area is 262 Å². The highest BCUT2D eigenvalue weighted by molar-refractivity contribution is 7.90. The molecular weight excluding hydrogens is 596 g/mol. The number of carboxylic acids is 1. The van der Waals surface area contributed by atoms with Gasteiger partial charge in [-0.3, -0.25) is 4.99 Å². The molecule has 1 atom stereocenters. The quantitative estimate of drug-likeness (QED) is 0.199. The molecule has 1 heterocycles. The van der Waals surface area contributed by atoms with E-state index in [4.69, 9.17) is 15.2 Å². The van der Waals surface area contributed by atoms with Crippen LogP contribution >= 0.6 is 0 Å². The average molecular weight is 635 g/mol. The normalized spacial score (nSPS) is 15.8. The molecule has 2 aliphatic rings. The van der Waals surface area contributed by atoms with Gasteiger partial charge in [-0.25, -0.2) is 22.7 Å². The van der Waals surface area contributed by atoms with E-state index >= 15 is 0 Å². The molecule has 0 radical (unpaired) electrons. The van der Waals surface area contributed by atoms with Crippen molar-refractivity contribution in [3.05, 3.63) is 81.9 Å². The first-order chi connectivity index (χ1) is 21.2. The molecule has 1 aliphatic carbocycles. The van der Waals surface area contributed by atoms with Crippen molar-refractivity contribution in [2.24, 2.45) is 10.7 Å². The van der Waals surface area contributed by atoms with Crippen LogP contribution in [0.15, 0.2) is 58.4 Å². The van der Waals surface area contributed by atoms with Crippen LogP contribution in [0.4, 0.5) is 4.79 Å². The second-order valence-corrected chi connectivity index (χ2v) is 13.7. The van der Waals surface area contributed by atoms with Crippen LogP contribution in [0.1, 0.15) is 59.6 Å². The lowest BCUT2D eigenvalue weighted by molar-refractivity contribution is -0.139. The molecule has 12 heteroatoms. The van der Waals surface area contributed by atoms with Crippen LogP contribution in [0.5, 0.6) is 5.75 Å². The van der Waals surface area contributed by atoms with Crippen molar-refractivity contribution in [3.63, 3.8) is 0 Å². The third-order valence-corrected chi connectivity index (χ3v) is 10.1. The Balaban J connectivity index is 1.20. The standard InChI is InChI=1S/C33H38N4O7S/c1-18-19(2)29(20(3)25-16-33(4,5)44-28(18)25)45(41,42)37-31(34)35-15-14-27(30(38)39)36-32(40)43-17-26-23-12-8-6-10-21(23)22-11-7-9-13-24(22)26/h6-13,26-27H,14-17H2,1-5H3,(H,36,40)(H,38,39)(H3,34,35,37). The van der Waals surface area contributed by atoms with E-state index in [-0.39, 0.29) is 30.4 Å². The van der Waals surface area contributed by atoms with Crippen molar-refractivity contribution in [2.75, 3.05) is 13.2 Å². The third kappa shape index (κ3) is 6.32. The van der Waals surface area contributed by atoms with Crippen LogP contribution in [0.2, 0.25) is 0 Å². The summed E-state index contributed by atoms with van der Waals surface area (Å²) in [4.78, 5) is 28.7. The number of fused-ring (bicyclic) bond motifs is 4. The highest BCUT2D eigenvalue weighted by Crippen LogP contribution is 2.45. The Morgan fingerprint density at radius 2 is 1.64 bits per heavy atom. The molecular formula is C33H38N4O7S. The number of aliphatic imine (C=N–C) groups is 1. The van der Waals surface area contributed by atoms with E-state index in [1.54, 1.807) is 13.8 Å². The van der Waals surface area contributed by atoms with Gasteiger partial charge in [0.1, 0.15) is 24.0 Å². The number of nitrogens with two attached hydrogens (primary N) is 1. The summed E-state index contributed by atoms with van der Waals surface area (Å²) in [6.07, 6.45) is -0.467. The Morgan fingerprint density at radius 3 is 2.24 bits per heavy atom. The Kier molecular flexibility index (Phi) is 8.54. The van der Waals surface area contributed by atoms with E-state index in [2.05, 4.69) is 15.0 Å². The number of sulfonamides is 1. The molecule has 0 aromatic heterocycles. The first-order valence-electron chi connectivity index (χ1n) is 14.7. The largest absolute Gasteiger partial charge is 0.487 e. The van der Waals surface area contributed by atoms with Crippen LogP contribution in [-0.4, -0.2) is 56.3 Å². The van der Waals surface area contributed by atoms with Crippen molar-refractivity contribution < 1.29 is 32.6 Å². The topological polar surface area (TPSA) is 169 Å². The number of benzene rings is 3. The van der Waals surface area contributed by atoms with Gasteiger partial charge in [-0.15, -0.1) is 0 Å². The number of guanidine groups is 1. The number of nitrogens with one attached hydrogen (secondary N) is 2. The predicted molar refractivity (Wildman–Crippen MR) is 170 cm³/mol. The molecule has 238 valence electrons. The summed E-state index contributed by atoms with van der Waals surface area (Å²) in [6, 6.07) is 14.4. The van der Waals surface area contributed by atoms with Gasteiger partial charge in [0.15, 0.2) is 0 Å². The van der Waals surface area contributed by atoms with Crippen molar-refractivity contribution in [1.82, 2.24) is 10.0 Å². The maximum absolute atomic E-state index is 13.4. The number of rotatable bonds is 9. The Bertz CT molecular complexity index is 1770. The van der Waals surface area contributed by atoms with Gasteiger partial charge in [-0.1, -0.05) is 48.5 Å². The number of amides is 1. The fraction of sp³-hybridized carbons (Fsp3) is 0.364. The van der Waals surface area contributed by atoms with Gasteiger partial charge >= 0.3 is 12.1 Å². The molecule has 11 nitrogen and oxygen atoms in total. The zero-order valence-corrected chi connectivity index (χ0v) is 26.7. The van der Waals surface area contributed by atoms with E-state index < -0.39 is 39.7 Å². The minimum absolute atomic E-state index is 0.0315. The first-order valence-corrected chi connectivity index (χ1v) is 16.2. The maximum Gasteiger partial charge on any atom is 0.407 e. The molecule has 5 rings (SSSR count). The Morgan fingerprint density at radius 1 is 1.04 bits per heavy atom. The van der Waals surface area contributed by atoms with E-state index in [0.717, 1.165) is 33.4 Å². The average Bonchev–Trinajstić information content (AvgIpc) is 3.48. The molecule has 45 heavy (non-hydrogen) atoms. The molecule has 0 saturated carbocycles. The number of carbonyl (C=O) groups is 2. The third-order valence-electron chi connectivity index (χ3n) is 8.43. The lowest BCUT2D eigenvalue weighted by Crippen LogP contribution is -2.42. The molecule has 5 N–H and O–H groups in total. The number of hydrogen-bond donors (Lipinski definition) is 4. The lowest BCUT2D eigenvalue weighted by atomic mass is 9.94. The van der Waals surface area contributed by atoms with Gasteiger partial charge < -0.3 is 25.6 Å². The fourth-order valence-corrected chi connectivity index (χ4v) is 7.75. The van der Waals surface area contributed by atoms with Crippen molar-refractivity contribution in [1.29, 1.82) is 0 Å². The number of carboxylic acid groups (broad SMARTS) is 1. The van der Waals surface area contributed by atoms with Crippen LogP contribution < -0.4 is 20.5 Å². The molecule has 0 spiro atoms. The molecule has 3 aromatic rings. The second-order valence-electron chi connectivity index (χ2n) is 12.1. The number of carbonyl (C=O) groups excluding carboxylic acids is 1. The van der Waals surface area contributed by atoms with Crippen molar-refractivity contribution >= 4 is 28.0 Å². The number of nitrogens with zero attached hydrogens (tertiary/aromatic N) is 1. The van der Waals surface area contributed by atoms with Crippen LogP contribution in [0.25, 0.3) is 11.1 Å². The SMILES string of the molecule is Cc1c(C)c(S(=O)(=O)NC(N)=NCCC(NC(=O)OCC2c3ccccc3-c3ccccc32)C(=O)O)c(C)c2c1OC(C)(C)C2. The zero-order valence-electron chi connectivity index (χ0n) is 25.9. The van der Waals surface area contributed by atoms with Gasteiger partial charge in [0, 0.05) is 24.4 Å². The van der Waals surface area contributed by atoms with Crippen LogP contribution in [-0.2, 0) is 26.0 Å². The molecule has 1 amide bonds. The molecule has 0 saturated heterocycles. The van der Waals surface area contributed by atoms with E-state index in [9.17, 15) is 23.1 Å². The predicted octanol–water partition coefficient (Wildman–Crippen LogP) is 4.30. The summed E-state index contributed by atoms with van der Waals surface area (Å²) in [6.45, 7) is 9.04. The summed E-state index contributed by atoms with van der Waals surface area (Å²) >= 11 is 0. The van der Waals surface area contributed by atoms with E-state index in [1.165, 1.54) is 0 Å². The monoisotopic (exact) mass is 634 g/mol. The highest BCUT2D eigenvalue weighted by atomic mass is 32.2. The second kappa shape index (κ2) is 12.1. The van der Waals surface area contributed by atoms with Gasteiger partial charge in [0.05, 0.1) is 4.90 Å². The smallest absolute Gasteiger partial charge is 0.407 e. The number of alkyl carbamates (subject to hydrolysis) is 1. The van der Waals surface area contributed by atoms with Crippen molar-refractivity contribution in [3.8, 4) is 16.9 Å². The number of aliphatic carboxylic acids is 1.